The Bertz CT molecular complexity index is 356. The maximum absolute atomic E-state index is 6.10. The first-order chi connectivity index (χ1) is 8.04. The van der Waals surface area contributed by atoms with Crippen molar-refractivity contribution >= 4 is 23.4 Å². The molecule has 0 spiro atoms. The molecule has 0 saturated carbocycles. The largest absolute Gasteiger partial charge is 0.357 e. The number of anilines is 2. The van der Waals surface area contributed by atoms with Crippen LogP contribution in [0.3, 0.4) is 0 Å². The van der Waals surface area contributed by atoms with Crippen molar-refractivity contribution in [3.8, 4) is 0 Å². The predicted molar refractivity (Wildman–Crippen MR) is 73.0 cm³/mol. The lowest BCUT2D eigenvalue weighted by molar-refractivity contribution is 0.416. The van der Waals surface area contributed by atoms with Crippen molar-refractivity contribution in [2.24, 2.45) is 0 Å². The van der Waals surface area contributed by atoms with Gasteiger partial charge < -0.3 is 15.1 Å². The van der Waals surface area contributed by atoms with Crippen LogP contribution in [0.1, 0.15) is 6.92 Å². The second kappa shape index (κ2) is 6.61. The standard InChI is InChI=1S/C11H20ClN5/c1-5-13-11-14-8-9(12)10(15-11)17(4)7-6-16(2)3/h8H,5-7H2,1-4H3,(H,13,14,15). The average Bonchev–Trinajstić information content (AvgIpc) is 2.29. The number of hydrogen-bond donors (Lipinski definition) is 1. The number of hydrogen-bond acceptors (Lipinski definition) is 5. The topological polar surface area (TPSA) is 44.3 Å². The molecule has 17 heavy (non-hydrogen) atoms. The monoisotopic (exact) mass is 257 g/mol. The molecule has 96 valence electrons. The van der Waals surface area contributed by atoms with E-state index in [1.54, 1.807) is 6.20 Å². The van der Waals surface area contributed by atoms with E-state index >= 15 is 0 Å². The Kier molecular flexibility index (Phi) is 5.44. The van der Waals surface area contributed by atoms with Gasteiger partial charge in [0.05, 0.1) is 6.20 Å². The van der Waals surface area contributed by atoms with Gasteiger partial charge in [0.1, 0.15) is 5.02 Å². The van der Waals surface area contributed by atoms with Crippen molar-refractivity contribution in [2.75, 3.05) is 51.0 Å². The van der Waals surface area contributed by atoms with E-state index in [9.17, 15) is 0 Å². The molecule has 0 saturated heterocycles. The first-order valence-corrected chi connectivity index (χ1v) is 6.04. The number of aromatic nitrogens is 2. The summed E-state index contributed by atoms with van der Waals surface area (Å²) in [6.07, 6.45) is 1.63. The van der Waals surface area contributed by atoms with Crippen LogP contribution in [-0.4, -0.2) is 55.6 Å². The summed E-state index contributed by atoms with van der Waals surface area (Å²) in [6.45, 7) is 4.62. The van der Waals surface area contributed by atoms with Gasteiger partial charge in [0.2, 0.25) is 5.95 Å². The van der Waals surface area contributed by atoms with E-state index in [4.69, 9.17) is 11.6 Å². The summed E-state index contributed by atoms with van der Waals surface area (Å²) in [7, 11) is 6.06. The first-order valence-electron chi connectivity index (χ1n) is 5.67. The van der Waals surface area contributed by atoms with Crippen molar-refractivity contribution in [3.05, 3.63) is 11.2 Å². The molecule has 0 aliphatic heterocycles. The molecule has 0 bridgehead atoms. The van der Waals surface area contributed by atoms with Gasteiger partial charge in [-0.1, -0.05) is 11.6 Å². The molecule has 0 aliphatic carbocycles. The van der Waals surface area contributed by atoms with E-state index < -0.39 is 0 Å². The van der Waals surface area contributed by atoms with Crippen molar-refractivity contribution in [3.63, 3.8) is 0 Å². The maximum atomic E-state index is 6.10. The van der Waals surface area contributed by atoms with Crippen molar-refractivity contribution in [1.82, 2.24) is 14.9 Å². The second-order valence-electron chi connectivity index (χ2n) is 4.12. The van der Waals surface area contributed by atoms with Crippen LogP contribution in [0.2, 0.25) is 5.02 Å². The van der Waals surface area contributed by atoms with Gasteiger partial charge >= 0.3 is 0 Å². The molecule has 0 fully saturated rings. The molecule has 0 aliphatic rings. The highest BCUT2D eigenvalue weighted by molar-refractivity contribution is 6.32. The normalized spacial score (nSPS) is 10.7. The van der Waals surface area contributed by atoms with Crippen molar-refractivity contribution < 1.29 is 0 Å². The van der Waals surface area contributed by atoms with E-state index in [2.05, 4.69) is 20.2 Å². The van der Waals surface area contributed by atoms with Gasteiger partial charge in [-0.05, 0) is 21.0 Å². The van der Waals surface area contributed by atoms with Crippen LogP contribution >= 0.6 is 11.6 Å². The highest BCUT2D eigenvalue weighted by Crippen LogP contribution is 2.22. The number of likely N-dealkylation sites (N-methyl/N-ethyl adjacent to an activating group) is 2. The molecule has 0 unspecified atom stereocenters. The number of nitrogens with zero attached hydrogens (tertiary/aromatic N) is 4. The fourth-order valence-electron chi connectivity index (χ4n) is 1.33. The molecule has 0 radical (unpaired) electrons. The minimum atomic E-state index is 0.577. The Hall–Kier alpha value is -1.07. The molecule has 6 heteroatoms. The SMILES string of the molecule is CCNc1ncc(Cl)c(N(C)CCN(C)C)n1. The minimum absolute atomic E-state index is 0.577. The Morgan fingerprint density at radius 3 is 2.59 bits per heavy atom. The zero-order valence-corrected chi connectivity index (χ0v) is 11.6. The Labute approximate surface area is 108 Å². The molecule has 1 N–H and O–H groups in total. The third-order valence-corrected chi connectivity index (χ3v) is 2.57. The zero-order chi connectivity index (χ0) is 12.8. The number of nitrogens with one attached hydrogen (secondary N) is 1. The second-order valence-corrected chi connectivity index (χ2v) is 4.53. The van der Waals surface area contributed by atoms with Crippen LogP contribution < -0.4 is 10.2 Å². The first kappa shape index (κ1) is 14.0. The Balaban J connectivity index is 2.76. The summed E-state index contributed by atoms with van der Waals surface area (Å²) in [4.78, 5) is 12.7. The van der Waals surface area contributed by atoms with E-state index in [0.29, 0.717) is 11.0 Å². The summed E-state index contributed by atoms with van der Waals surface area (Å²) >= 11 is 6.10. The van der Waals surface area contributed by atoms with E-state index in [-0.39, 0.29) is 0 Å². The van der Waals surface area contributed by atoms with Gasteiger partial charge in [-0.15, -0.1) is 0 Å². The van der Waals surface area contributed by atoms with Crippen LogP contribution in [0.5, 0.6) is 0 Å². The van der Waals surface area contributed by atoms with Gasteiger partial charge in [-0.25, -0.2) is 4.98 Å². The molecule has 1 aromatic rings. The fraction of sp³-hybridized carbons (Fsp3) is 0.636. The number of halogens is 1. The smallest absolute Gasteiger partial charge is 0.224 e. The van der Waals surface area contributed by atoms with Gasteiger partial charge in [-0.3, -0.25) is 0 Å². The number of rotatable bonds is 6. The minimum Gasteiger partial charge on any atom is -0.357 e. The molecule has 1 heterocycles. The average molecular weight is 258 g/mol. The lowest BCUT2D eigenvalue weighted by Crippen LogP contribution is -2.29. The van der Waals surface area contributed by atoms with Crippen molar-refractivity contribution in [1.29, 1.82) is 0 Å². The molecule has 1 rings (SSSR count). The van der Waals surface area contributed by atoms with E-state index in [1.807, 2.05) is 33.0 Å². The molecule has 0 atom stereocenters. The highest BCUT2D eigenvalue weighted by atomic mass is 35.5. The Morgan fingerprint density at radius 1 is 1.29 bits per heavy atom. The molecule has 1 aromatic heterocycles. The summed E-state index contributed by atoms with van der Waals surface area (Å²) in [5.74, 6) is 1.38. The summed E-state index contributed by atoms with van der Waals surface area (Å²) < 4.78 is 0. The van der Waals surface area contributed by atoms with Crippen LogP contribution in [0.4, 0.5) is 11.8 Å². The van der Waals surface area contributed by atoms with Gasteiger partial charge in [-0.2, -0.15) is 4.98 Å². The Morgan fingerprint density at radius 2 is 2.00 bits per heavy atom. The molecular formula is C11H20ClN5. The highest BCUT2D eigenvalue weighted by Gasteiger charge is 2.10. The molecule has 5 nitrogen and oxygen atoms in total. The molecule has 0 amide bonds. The lowest BCUT2D eigenvalue weighted by atomic mass is 10.4. The quantitative estimate of drug-likeness (QED) is 0.838. The van der Waals surface area contributed by atoms with E-state index in [1.165, 1.54) is 0 Å². The fourth-order valence-corrected chi connectivity index (χ4v) is 1.56. The van der Waals surface area contributed by atoms with Gasteiger partial charge in [0.15, 0.2) is 5.82 Å². The summed E-state index contributed by atoms with van der Waals surface area (Å²) in [5, 5.41) is 3.65. The van der Waals surface area contributed by atoms with Crippen LogP contribution in [-0.2, 0) is 0 Å². The third-order valence-electron chi connectivity index (χ3n) is 2.30. The van der Waals surface area contributed by atoms with E-state index in [0.717, 1.165) is 25.5 Å². The predicted octanol–water partition coefficient (Wildman–Crippen LogP) is 1.56. The molecule has 0 aromatic carbocycles. The maximum Gasteiger partial charge on any atom is 0.224 e. The lowest BCUT2D eigenvalue weighted by Gasteiger charge is -2.21. The van der Waals surface area contributed by atoms with Gasteiger partial charge in [0.25, 0.3) is 0 Å². The summed E-state index contributed by atoms with van der Waals surface area (Å²) in [5.41, 5.74) is 0. The van der Waals surface area contributed by atoms with Crippen LogP contribution in [0.15, 0.2) is 6.20 Å². The van der Waals surface area contributed by atoms with Crippen LogP contribution in [0.25, 0.3) is 0 Å². The molecular weight excluding hydrogens is 238 g/mol. The van der Waals surface area contributed by atoms with Crippen molar-refractivity contribution in [2.45, 2.75) is 6.92 Å². The van der Waals surface area contributed by atoms with Crippen LogP contribution in [0, 0.1) is 0 Å². The zero-order valence-electron chi connectivity index (χ0n) is 10.9. The third kappa shape index (κ3) is 4.36. The summed E-state index contributed by atoms with van der Waals surface area (Å²) in [6, 6.07) is 0. The van der Waals surface area contributed by atoms with Gasteiger partial charge in [0, 0.05) is 26.7 Å².